The molecule has 1 heterocycles. The van der Waals surface area contributed by atoms with Crippen LogP contribution in [-0.2, 0) is 9.53 Å². The van der Waals surface area contributed by atoms with E-state index in [-0.39, 0.29) is 28.0 Å². The topological polar surface area (TPSA) is 59.5 Å². The van der Waals surface area contributed by atoms with Crippen LogP contribution in [0.4, 0.5) is 0 Å². The minimum atomic E-state index is -0.732. The van der Waals surface area contributed by atoms with Crippen LogP contribution in [0, 0.1) is 0 Å². The van der Waals surface area contributed by atoms with E-state index < -0.39 is 11.8 Å². The van der Waals surface area contributed by atoms with Crippen molar-refractivity contribution in [3.8, 4) is 0 Å². The number of carbonyl (C=O) groups excluding carboxylic acids is 2. The van der Waals surface area contributed by atoms with Crippen LogP contribution in [-0.4, -0.2) is 42.3 Å². The molecule has 7 heteroatoms. The van der Waals surface area contributed by atoms with Gasteiger partial charge in [-0.2, -0.15) is 0 Å². The summed E-state index contributed by atoms with van der Waals surface area (Å²) < 4.78 is 4.86. The van der Waals surface area contributed by atoms with Gasteiger partial charge in [0.1, 0.15) is 16.4 Å². The molecule has 0 unspecified atom stereocenters. The highest BCUT2D eigenvalue weighted by Gasteiger charge is 2.25. The number of hydrogen-bond acceptors (Lipinski definition) is 5. The zero-order chi connectivity index (χ0) is 15.3. The summed E-state index contributed by atoms with van der Waals surface area (Å²) in [6.07, 6.45) is 1.36. The molecule has 5 nitrogen and oxygen atoms in total. The number of Topliss-reactive ketones (excluding diaryl/α,β-unsaturated/α-hetero) is 1. The van der Waals surface area contributed by atoms with Crippen molar-refractivity contribution >= 4 is 35.0 Å². The lowest BCUT2D eigenvalue weighted by atomic mass is 10.1. The molecule has 0 aliphatic heterocycles. The fourth-order valence-corrected chi connectivity index (χ4v) is 1.71. The summed E-state index contributed by atoms with van der Waals surface area (Å²) in [6, 6.07) is 2.91. The normalized spacial score (nSPS) is 11.2. The highest BCUT2D eigenvalue weighted by Crippen LogP contribution is 2.20. The van der Waals surface area contributed by atoms with Crippen molar-refractivity contribution < 1.29 is 14.3 Å². The van der Waals surface area contributed by atoms with Gasteiger partial charge >= 0.3 is 5.97 Å². The Morgan fingerprint density at radius 1 is 1.35 bits per heavy atom. The second-order valence-corrected chi connectivity index (χ2v) is 4.81. The Balaban J connectivity index is 3.24. The third kappa shape index (κ3) is 4.21. The first kappa shape index (κ1) is 16.5. The van der Waals surface area contributed by atoms with Crippen molar-refractivity contribution in [2.45, 2.75) is 6.92 Å². The highest BCUT2D eigenvalue weighted by atomic mass is 35.5. The van der Waals surface area contributed by atoms with Crippen LogP contribution in [0.2, 0.25) is 10.2 Å². The SMILES string of the molecule is CCOC(=O)C(=CN(C)C)C(=O)c1nc(Cl)ccc1Cl. The quantitative estimate of drug-likeness (QED) is 0.209. The van der Waals surface area contributed by atoms with Crippen LogP contribution >= 0.6 is 23.2 Å². The van der Waals surface area contributed by atoms with E-state index in [1.165, 1.54) is 18.3 Å². The molecule has 0 saturated carbocycles. The lowest BCUT2D eigenvalue weighted by Gasteiger charge is -2.11. The Bertz CT molecular complexity index is 557. The summed E-state index contributed by atoms with van der Waals surface area (Å²) >= 11 is 11.7. The van der Waals surface area contributed by atoms with Crippen LogP contribution in [0.3, 0.4) is 0 Å². The van der Waals surface area contributed by atoms with Gasteiger partial charge in [-0.1, -0.05) is 23.2 Å². The molecule has 1 aromatic heterocycles. The number of hydrogen-bond donors (Lipinski definition) is 0. The Morgan fingerprint density at radius 2 is 2.00 bits per heavy atom. The minimum Gasteiger partial charge on any atom is -0.462 e. The van der Waals surface area contributed by atoms with Crippen molar-refractivity contribution in [3.05, 3.63) is 39.8 Å². The van der Waals surface area contributed by atoms with Crippen molar-refractivity contribution in [3.63, 3.8) is 0 Å². The molecule has 0 amide bonds. The van der Waals surface area contributed by atoms with Gasteiger partial charge in [0.15, 0.2) is 0 Å². The maximum Gasteiger partial charge on any atom is 0.343 e. The smallest absolute Gasteiger partial charge is 0.343 e. The number of rotatable bonds is 5. The molecular formula is C13H14Cl2N2O3. The molecule has 1 aromatic rings. The molecule has 0 atom stereocenters. The first-order chi connectivity index (χ1) is 9.36. The van der Waals surface area contributed by atoms with E-state index in [1.807, 2.05) is 0 Å². The lowest BCUT2D eigenvalue weighted by Crippen LogP contribution is -2.20. The fourth-order valence-electron chi connectivity index (χ4n) is 1.38. The number of carbonyl (C=O) groups is 2. The predicted molar refractivity (Wildman–Crippen MR) is 77.0 cm³/mol. The van der Waals surface area contributed by atoms with Gasteiger partial charge in [0.25, 0.3) is 0 Å². The van der Waals surface area contributed by atoms with Crippen LogP contribution in [0.25, 0.3) is 0 Å². The summed E-state index contributed by atoms with van der Waals surface area (Å²) in [7, 11) is 3.36. The predicted octanol–water partition coefficient (Wildman–Crippen LogP) is 2.58. The number of nitrogens with zero attached hydrogens (tertiary/aromatic N) is 2. The van der Waals surface area contributed by atoms with Crippen molar-refractivity contribution in [1.29, 1.82) is 0 Å². The van der Waals surface area contributed by atoms with Gasteiger partial charge in [0, 0.05) is 20.3 Å². The average molecular weight is 317 g/mol. The monoisotopic (exact) mass is 316 g/mol. The second-order valence-electron chi connectivity index (χ2n) is 4.02. The summed E-state index contributed by atoms with van der Waals surface area (Å²) in [6.45, 7) is 1.81. The molecule has 0 bridgehead atoms. The van der Waals surface area contributed by atoms with Crippen LogP contribution < -0.4 is 0 Å². The van der Waals surface area contributed by atoms with Crippen LogP contribution in [0.15, 0.2) is 23.9 Å². The average Bonchev–Trinajstić information content (AvgIpc) is 2.38. The molecule has 0 aromatic carbocycles. The van der Waals surface area contributed by atoms with E-state index in [0.717, 1.165) is 0 Å². The molecule has 0 fully saturated rings. The van der Waals surface area contributed by atoms with Gasteiger partial charge in [-0.25, -0.2) is 9.78 Å². The number of ether oxygens (including phenoxy) is 1. The second kappa shape index (κ2) is 7.26. The van der Waals surface area contributed by atoms with Gasteiger partial charge in [-0.15, -0.1) is 0 Å². The van der Waals surface area contributed by atoms with E-state index in [1.54, 1.807) is 25.9 Å². The maximum absolute atomic E-state index is 12.4. The van der Waals surface area contributed by atoms with Crippen molar-refractivity contribution in [1.82, 2.24) is 9.88 Å². The molecule has 0 aliphatic carbocycles. The molecule has 0 aliphatic rings. The van der Waals surface area contributed by atoms with Crippen molar-refractivity contribution in [2.24, 2.45) is 0 Å². The summed E-state index contributed by atoms with van der Waals surface area (Å²) in [4.78, 5) is 29.6. The summed E-state index contributed by atoms with van der Waals surface area (Å²) in [5.74, 6) is -1.37. The molecule has 108 valence electrons. The Labute approximate surface area is 127 Å². The molecule has 0 radical (unpaired) electrons. The third-order valence-electron chi connectivity index (χ3n) is 2.15. The van der Waals surface area contributed by atoms with Crippen LogP contribution in [0.5, 0.6) is 0 Å². The lowest BCUT2D eigenvalue weighted by molar-refractivity contribution is -0.138. The maximum atomic E-state index is 12.4. The number of ketones is 1. The van der Waals surface area contributed by atoms with E-state index in [9.17, 15) is 9.59 Å². The number of pyridine rings is 1. The van der Waals surface area contributed by atoms with Gasteiger partial charge in [-0.05, 0) is 19.1 Å². The fraction of sp³-hybridized carbons (Fsp3) is 0.308. The number of esters is 1. The van der Waals surface area contributed by atoms with Crippen molar-refractivity contribution in [2.75, 3.05) is 20.7 Å². The van der Waals surface area contributed by atoms with Crippen LogP contribution in [0.1, 0.15) is 17.4 Å². The Hall–Kier alpha value is -1.59. The van der Waals surface area contributed by atoms with E-state index in [0.29, 0.717) is 0 Å². The zero-order valence-corrected chi connectivity index (χ0v) is 12.8. The number of halogens is 2. The Kier molecular flexibility index (Phi) is 5.98. The molecular weight excluding hydrogens is 303 g/mol. The molecule has 0 saturated heterocycles. The molecule has 0 spiro atoms. The van der Waals surface area contributed by atoms with Gasteiger partial charge in [0.05, 0.1) is 11.6 Å². The number of aromatic nitrogens is 1. The highest BCUT2D eigenvalue weighted by molar-refractivity contribution is 6.37. The molecule has 0 N–H and O–H groups in total. The Morgan fingerprint density at radius 3 is 2.55 bits per heavy atom. The van der Waals surface area contributed by atoms with Gasteiger partial charge in [-0.3, -0.25) is 4.79 Å². The third-order valence-corrected chi connectivity index (χ3v) is 2.67. The minimum absolute atomic E-state index is 0.0830. The summed E-state index contributed by atoms with van der Waals surface area (Å²) in [5, 5.41) is 0.235. The zero-order valence-electron chi connectivity index (χ0n) is 11.3. The molecule has 1 rings (SSSR count). The summed E-state index contributed by atoms with van der Waals surface area (Å²) in [5.41, 5.74) is -0.242. The van der Waals surface area contributed by atoms with E-state index in [2.05, 4.69) is 4.98 Å². The largest absolute Gasteiger partial charge is 0.462 e. The molecule has 20 heavy (non-hydrogen) atoms. The van der Waals surface area contributed by atoms with E-state index in [4.69, 9.17) is 27.9 Å². The van der Waals surface area contributed by atoms with Gasteiger partial charge in [0.2, 0.25) is 5.78 Å². The van der Waals surface area contributed by atoms with E-state index >= 15 is 0 Å². The first-order valence-electron chi connectivity index (χ1n) is 5.79. The first-order valence-corrected chi connectivity index (χ1v) is 6.54. The van der Waals surface area contributed by atoms with Gasteiger partial charge < -0.3 is 9.64 Å². The standard InChI is InChI=1S/C13H14Cl2N2O3/c1-4-20-13(19)8(7-17(2)3)12(18)11-9(14)5-6-10(15)16-11/h5-7H,4H2,1-3H3.